The van der Waals surface area contributed by atoms with Crippen LogP contribution in [0.4, 0.5) is 0 Å². The van der Waals surface area contributed by atoms with E-state index in [4.69, 9.17) is 4.74 Å². The van der Waals surface area contributed by atoms with Crippen LogP contribution in [0.3, 0.4) is 0 Å². The van der Waals surface area contributed by atoms with Crippen molar-refractivity contribution < 1.29 is 27.5 Å². The van der Waals surface area contributed by atoms with Crippen LogP contribution in [0.25, 0.3) is 0 Å². The van der Waals surface area contributed by atoms with Crippen molar-refractivity contribution in [3.05, 3.63) is 59.7 Å². The van der Waals surface area contributed by atoms with Gasteiger partial charge in [0.25, 0.3) is 11.8 Å². The Morgan fingerprint density at radius 1 is 0.967 bits per heavy atom. The molecule has 10 heteroatoms. The van der Waals surface area contributed by atoms with Crippen LogP contribution in [0, 0.1) is 0 Å². The summed E-state index contributed by atoms with van der Waals surface area (Å²) in [5, 5.41) is 2.50. The molecule has 0 fully saturated rings. The highest BCUT2D eigenvalue weighted by Crippen LogP contribution is 2.21. The Morgan fingerprint density at radius 2 is 1.57 bits per heavy atom. The number of imide groups is 1. The number of amides is 3. The summed E-state index contributed by atoms with van der Waals surface area (Å²) in [5.74, 6) is -1.05. The summed E-state index contributed by atoms with van der Waals surface area (Å²) in [6.45, 7) is 1.82. The number of nitrogens with zero attached hydrogens (tertiary/aromatic N) is 1. The topological polar surface area (TPSA) is 122 Å². The third kappa shape index (κ3) is 4.66. The SMILES string of the molecule is CCOc1ccc(S(=O)(=O)NCCNC(=O)CN2C(=O)c3ccccc3C2=O)cc1. The lowest BCUT2D eigenvalue weighted by Gasteiger charge is -2.14. The molecule has 0 unspecified atom stereocenters. The number of nitrogens with one attached hydrogen (secondary N) is 2. The Hall–Kier alpha value is -3.24. The molecule has 0 radical (unpaired) electrons. The van der Waals surface area contributed by atoms with Gasteiger partial charge in [-0.1, -0.05) is 12.1 Å². The van der Waals surface area contributed by atoms with Gasteiger partial charge in [0.1, 0.15) is 12.3 Å². The second-order valence-corrected chi connectivity index (χ2v) is 8.16. The Bertz CT molecular complexity index is 1030. The Labute approximate surface area is 174 Å². The molecule has 0 bridgehead atoms. The van der Waals surface area contributed by atoms with Gasteiger partial charge in [-0.05, 0) is 43.3 Å². The summed E-state index contributed by atoms with van der Waals surface area (Å²) in [6.07, 6.45) is 0. The zero-order valence-electron chi connectivity index (χ0n) is 16.3. The molecule has 30 heavy (non-hydrogen) atoms. The van der Waals surface area contributed by atoms with Crippen molar-refractivity contribution in [2.45, 2.75) is 11.8 Å². The van der Waals surface area contributed by atoms with E-state index in [9.17, 15) is 22.8 Å². The van der Waals surface area contributed by atoms with E-state index in [0.717, 1.165) is 4.90 Å². The van der Waals surface area contributed by atoms with E-state index < -0.39 is 34.3 Å². The average molecular weight is 431 g/mol. The number of hydrogen-bond acceptors (Lipinski definition) is 6. The van der Waals surface area contributed by atoms with Crippen molar-refractivity contribution in [3.63, 3.8) is 0 Å². The standard InChI is InChI=1S/C20H21N3O6S/c1-2-29-14-7-9-15(10-8-14)30(27,28)22-12-11-21-18(24)13-23-19(25)16-5-3-4-6-17(16)20(23)26/h3-10,22H,2,11-13H2,1H3,(H,21,24). The second kappa shape index (κ2) is 9.06. The van der Waals surface area contributed by atoms with E-state index in [2.05, 4.69) is 10.0 Å². The van der Waals surface area contributed by atoms with Gasteiger partial charge in [-0.2, -0.15) is 0 Å². The van der Waals surface area contributed by atoms with Gasteiger partial charge in [-0.3, -0.25) is 19.3 Å². The number of hydrogen-bond donors (Lipinski definition) is 2. The van der Waals surface area contributed by atoms with Crippen LogP contribution in [0.15, 0.2) is 53.4 Å². The Morgan fingerprint density at radius 3 is 2.13 bits per heavy atom. The van der Waals surface area contributed by atoms with Crippen molar-refractivity contribution in [2.75, 3.05) is 26.2 Å². The molecule has 1 aliphatic heterocycles. The average Bonchev–Trinajstić information content (AvgIpc) is 2.97. The van der Waals surface area contributed by atoms with Gasteiger partial charge >= 0.3 is 0 Å². The molecule has 0 saturated heterocycles. The third-order valence-electron chi connectivity index (χ3n) is 4.36. The number of fused-ring (bicyclic) bond motifs is 1. The van der Waals surface area contributed by atoms with Gasteiger partial charge in [0.05, 0.1) is 22.6 Å². The van der Waals surface area contributed by atoms with Crippen LogP contribution >= 0.6 is 0 Å². The van der Waals surface area contributed by atoms with Crippen molar-refractivity contribution in [1.82, 2.24) is 14.9 Å². The molecule has 1 heterocycles. The number of carbonyl (C=O) groups is 3. The van der Waals surface area contributed by atoms with Crippen molar-refractivity contribution in [2.24, 2.45) is 0 Å². The molecule has 3 rings (SSSR count). The zero-order chi connectivity index (χ0) is 21.7. The lowest BCUT2D eigenvalue weighted by molar-refractivity contribution is -0.121. The highest BCUT2D eigenvalue weighted by Gasteiger charge is 2.36. The van der Waals surface area contributed by atoms with E-state index in [1.54, 1.807) is 24.3 Å². The van der Waals surface area contributed by atoms with Gasteiger partial charge in [-0.25, -0.2) is 13.1 Å². The van der Waals surface area contributed by atoms with Crippen LogP contribution in [-0.2, 0) is 14.8 Å². The first-order valence-corrected chi connectivity index (χ1v) is 10.8. The molecule has 2 aromatic rings. The fraction of sp³-hybridized carbons (Fsp3) is 0.250. The molecule has 9 nitrogen and oxygen atoms in total. The van der Waals surface area contributed by atoms with Crippen LogP contribution in [0.5, 0.6) is 5.75 Å². The van der Waals surface area contributed by atoms with Crippen LogP contribution in [0.2, 0.25) is 0 Å². The maximum Gasteiger partial charge on any atom is 0.262 e. The first-order valence-electron chi connectivity index (χ1n) is 9.28. The summed E-state index contributed by atoms with van der Waals surface area (Å²) in [7, 11) is -3.74. The molecule has 3 amide bonds. The Balaban J connectivity index is 1.47. The van der Waals surface area contributed by atoms with E-state index in [1.165, 1.54) is 24.3 Å². The molecular weight excluding hydrogens is 410 g/mol. The minimum Gasteiger partial charge on any atom is -0.494 e. The lowest BCUT2D eigenvalue weighted by Crippen LogP contribution is -2.42. The predicted molar refractivity (Wildman–Crippen MR) is 108 cm³/mol. The molecule has 0 aromatic heterocycles. The molecule has 0 aliphatic carbocycles. The van der Waals surface area contributed by atoms with Crippen LogP contribution in [0.1, 0.15) is 27.6 Å². The van der Waals surface area contributed by atoms with E-state index >= 15 is 0 Å². The maximum atomic E-state index is 12.3. The number of benzene rings is 2. The summed E-state index contributed by atoms with van der Waals surface area (Å²) in [4.78, 5) is 37.5. The van der Waals surface area contributed by atoms with Crippen molar-refractivity contribution in [3.8, 4) is 5.75 Å². The number of ether oxygens (including phenoxy) is 1. The first-order chi connectivity index (χ1) is 14.3. The molecule has 0 saturated carbocycles. The normalized spacial score (nSPS) is 13.3. The third-order valence-corrected chi connectivity index (χ3v) is 5.84. The summed E-state index contributed by atoms with van der Waals surface area (Å²) in [6, 6.07) is 12.3. The minimum atomic E-state index is -3.74. The van der Waals surface area contributed by atoms with E-state index in [0.29, 0.717) is 12.4 Å². The number of carbonyl (C=O) groups excluding carboxylic acids is 3. The smallest absolute Gasteiger partial charge is 0.262 e. The molecule has 0 atom stereocenters. The molecule has 2 aromatic carbocycles. The maximum absolute atomic E-state index is 12.3. The molecule has 0 spiro atoms. The fourth-order valence-corrected chi connectivity index (χ4v) is 3.97. The van der Waals surface area contributed by atoms with E-state index in [1.807, 2.05) is 6.92 Å². The first kappa shape index (κ1) is 21.5. The van der Waals surface area contributed by atoms with Gasteiger partial charge < -0.3 is 10.1 Å². The number of rotatable bonds is 9. The fourth-order valence-electron chi connectivity index (χ4n) is 2.93. The summed E-state index contributed by atoms with van der Waals surface area (Å²) >= 11 is 0. The van der Waals surface area contributed by atoms with Crippen molar-refractivity contribution in [1.29, 1.82) is 0 Å². The van der Waals surface area contributed by atoms with Crippen LogP contribution < -0.4 is 14.8 Å². The quantitative estimate of drug-likeness (QED) is 0.447. The van der Waals surface area contributed by atoms with Gasteiger partial charge in [-0.15, -0.1) is 0 Å². The molecule has 2 N–H and O–H groups in total. The monoisotopic (exact) mass is 431 g/mol. The highest BCUT2D eigenvalue weighted by molar-refractivity contribution is 7.89. The minimum absolute atomic E-state index is 0.00172. The largest absolute Gasteiger partial charge is 0.494 e. The lowest BCUT2D eigenvalue weighted by atomic mass is 10.1. The zero-order valence-corrected chi connectivity index (χ0v) is 17.1. The molecular formula is C20H21N3O6S. The Kier molecular flexibility index (Phi) is 6.48. The highest BCUT2D eigenvalue weighted by atomic mass is 32.2. The summed E-state index contributed by atoms with van der Waals surface area (Å²) < 4.78 is 32.2. The van der Waals surface area contributed by atoms with Crippen molar-refractivity contribution >= 4 is 27.7 Å². The van der Waals surface area contributed by atoms with Crippen LogP contribution in [-0.4, -0.2) is 57.3 Å². The van der Waals surface area contributed by atoms with Gasteiger partial charge in [0.2, 0.25) is 15.9 Å². The van der Waals surface area contributed by atoms with Gasteiger partial charge in [0.15, 0.2) is 0 Å². The predicted octanol–water partition coefficient (Wildman–Crippen LogP) is 0.776. The second-order valence-electron chi connectivity index (χ2n) is 6.39. The molecule has 158 valence electrons. The van der Waals surface area contributed by atoms with Gasteiger partial charge in [0, 0.05) is 13.1 Å². The number of sulfonamides is 1. The molecule has 1 aliphatic rings. The summed E-state index contributed by atoms with van der Waals surface area (Å²) in [5.41, 5.74) is 0.525. The van der Waals surface area contributed by atoms with E-state index in [-0.39, 0.29) is 29.1 Å².